The molecule has 2 rings (SSSR count). The van der Waals surface area contributed by atoms with Crippen LogP contribution in [0.15, 0.2) is 24.3 Å². The van der Waals surface area contributed by atoms with E-state index in [0.29, 0.717) is 5.92 Å². The highest BCUT2D eigenvalue weighted by Crippen LogP contribution is 2.13. The smallest absolute Gasteiger partial charge is 0.119 e. The molecule has 0 radical (unpaired) electrons. The summed E-state index contributed by atoms with van der Waals surface area (Å²) in [5, 5.41) is 3.46. The maximum atomic E-state index is 5.84. The van der Waals surface area contributed by atoms with Crippen LogP contribution in [0.1, 0.15) is 19.4 Å². The fraction of sp³-hybridized carbons (Fsp3) is 0.647. The number of nitrogens with zero attached hydrogens (tertiary/aromatic N) is 1. The van der Waals surface area contributed by atoms with Crippen molar-refractivity contribution in [2.75, 3.05) is 44.3 Å². The van der Waals surface area contributed by atoms with Gasteiger partial charge in [0, 0.05) is 37.7 Å². The molecule has 4 heteroatoms. The molecule has 0 amide bonds. The SMILES string of the molecule is CC(C)CNCc1ccc(OCCN2CCSCC2)cc1. The molecule has 1 aromatic carbocycles. The second-order valence-electron chi connectivity index (χ2n) is 5.97. The normalized spacial score (nSPS) is 16.3. The van der Waals surface area contributed by atoms with Crippen molar-refractivity contribution in [3.8, 4) is 5.75 Å². The summed E-state index contributed by atoms with van der Waals surface area (Å²) in [6.07, 6.45) is 0. The summed E-state index contributed by atoms with van der Waals surface area (Å²) >= 11 is 2.05. The summed E-state index contributed by atoms with van der Waals surface area (Å²) in [7, 11) is 0. The molecule has 1 aliphatic heterocycles. The number of hydrogen-bond donors (Lipinski definition) is 1. The van der Waals surface area contributed by atoms with E-state index in [0.717, 1.165) is 32.0 Å². The van der Waals surface area contributed by atoms with Gasteiger partial charge in [-0.05, 0) is 30.2 Å². The monoisotopic (exact) mass is 308 g/mol. The highest BCUT2D eigenvalue weighted by atomic mass is 32.2. The molecule has 0 saturated carbocycles. The minimum atomic E-state index is 0.695. The summed E-state index contributed by atoms with van der Waals surface area (Å²) in [6, 6.07) is 8.47. The highest BCUT2D eigenvalue weighted by Gasteiger charge is 2.09. The Kier molecular flexibility index (Phi) is 7.41. The molecular weight excluding hydrogens is 280 g/mol. The number of rotatable bonds is 8. The van der Waals surface area contributed by atoms with Crippen molar-refractivity contribution in [1.29, 1.82) is 0 Å². The molecule has 1 fully saturated rings. The van der Waals surface area contributed by atoms with Gasteiger partial charge in [-0.25, -0.2) is 0 Å². The maximum absolute atomic E-state index is 5.84. The Labute approximate surface area is 133 Å². The van der Waals surface area contributed by atoms with Gasteiger partial charge in [-0.15, -0.1) is 0 Å². The van der Waals surface area contributed by atoms with E-state index in [9.17, 15) is 0 Å². The van der Waals surface area contributed by atoms with Gasteiger partial charge in [-0.1, -0.05) is 26.0 Å². The third-order valence-corrected chi connectivity index (χ3v) is 4.53. The minimum Gasteiger partial charge on any atom is -0.492 e. The lowest BCUT2D eigenvalue weighted by Gasteiger charge is -2.25. The van der Waals surface area contributed by atoms with Gasteiger partial charge in [-0.2, -0.15) is 11.8 Å². The lowest BCUT2D eigenvalue weighted by atomic mass is 10.2. The van der Waals surface area contributed by atoms with Crippen LogP contribution in [0.25, 0.3) is 0 Å². The van der Waals surface area contributed by atoms with Gasteiger partial charge in [-0.3, -0.25) is 4.90 Å². The lowest BCUT2D eigenvalue weighted by molar-refractivity contribution is 0.222. The Bertz CT molecular complexity index is 388. The van der Waals surface area contributed by atoms with Crippen molar-refractivity contribution in [3.05, 3.63) is 29.8 Å². The number of hydrogen-bond acceptors (Lipinski definition) is 4. The van der Waals surface area contributed by atoms with Crippen molar-refractivity contribution in [2.24, 2.45) is 5.92 Å². The molecule has 1 aromatic rings. The van der Waals surface area contributed by atoms with Crippen LogP contribution in [0.3, 0.4) is 0 Å². The van der Waals surface area contributed by atoms with E-state index >= 15 is 0 Å². The molecule has 0 atom stereocenters. The Morgan fingerprint density at radius 2 is 1.90 bits per heavy atom. The van der Waals surface area contributed by atoms with Gasteiger partial charge < -0.3 is 10.1 Å². The molecular formula is C17H28N2OS. The van der Waals surface area contributed by atoms with Crippen LogP contribution in [0.5, 0.6) is 5.75 Å². The van der Waals surface area contributed by atoms with Gasteiger partial charge in [0.1, 0.15) is 12.4 Å². The molecule has 0 spiro atoms. The van der Waals surface area contributed by atoms with Crippen LogP contribution in [0, 0.1) is 5.92 Å². The van der Waals surface area contributed by atoms with E-state index in [4.69, 9.17) is 4.74 Å². The first-order valence-corrected chi connectivity index (χ1v) is 9.12. The Morgan fingerprint density at radius 1 is 1.19 bits per heavy atom. The lowest BCUT2D eigenvalue weighted by Crippen LogP contribution is -2.35. The third kappa shape index (κ3) is 6.72. The standard InChI is InChI=1S/C17H28N2OS/c1-15(2)13-18-14-16-3-5-17(6-4-16)20-10-7-19-8-11-21-12-9-19/h3-6,15,18H,7-14H2,1-2H3. The summed E-state index contributed by atoms with van der Waals surface area (Å²) in [6.45, 7) is 10.7. The van der Waals surface area contributed by atoms with Crippen molar-refractivity contribution in [1.82, 2.24) is 10.2 Å². The Morgan fingerprint density at radius 3 is 2.57 bits per heavy atom. The van der Waals surface area contributed by atoms with Gasteiger partial charge in [0.25, 0.3) is 0 Å². The van der Waals surface area contributed by atoms with Gasteiger partial charge in [0.05, 0.1) is 0 Å². The van der Waals surface area contributed by atoms with Crippen molar-refractivity contribution < 1.29 is 4.74 Å². The van der Waals surface area contributed by atoms with E-state index in [2.05, 4.69) is 48.3 Å². The molecule has 21 heavy (non-hydrogen) atoms. The molecule has 1 aliphatic rings. The molecule has 0 aliphatic carbocycles. The van der Waals surface area contributed by atoms with E-state index in [1.54, 1.807) is 0 Å². The number of nitrogens with one attached hydrogen (secondary N) is 1. The van der Waals surface area contributed by atoms with Crippen LogP contribution in [0.4, 0.5) is 0 Å². The zero-order valence-corrected chi connectivity index (χ0v) is 14.1. The van der Waals surface area contributed by atoms with Crippen molar-refractivity contribution >= 4 is 11.8 Å². The summed E-state index contributed by atoms with van der Waals surface area (Å²) in [5.74, 6) is 4.20. The van der Waals surface area contributed by atoms with E-state index < -0.39 is 0 Å². The van der Waals surface area contributed by atoms with Crippen LogP contribution < -0.4 is 10.1 Å². The maximum Gasteiger partial charge on any atom is 0.119 e. The minimum absolute atomic E-state index is 0.695. The molecule has 118 valence electrons. The molecule has 0 unspecified atom stereocenters. The van der Waals surface area contributed by atoms with Crippen LogP contribution >= 0.6 is 11.8 Å². The van der Waals surface area contributed by atoms with Gasteiger partial charge in [0.2, 0.25) is 0 Å². The fourth-order valence-corrected chi connectivity index (χ4v) is 3.30. The van der Waals surface area contributed by atoms with Crippen LogP contribution in [-0.4, -0.2) is 49.2 Å². The second kappa shape index (κ2) is 9.34. The first kappa shape index (κ1) is 16.7. The second-order valence-corrected chi connectivity index (χ2v) is 7.20. The van der Waals surface area contributed by atoms with Gasteiger partial charge in [0.15, 0.2) is 0 Å². The Hall–Kier alpha value is -0.710. The number of thioether (sulfide) groups is 1. The number of benzene rings is 1. The van der Waals surface area contributed by atoms with E-state index in [-0.39, 0.29) is 0 Å². The largest absolute Gasteiger partial charge is 0.492 e. The zero-order valence-electron chi connectivity index (χ0n) is 13.3. The predicted octanol–water partition coefficient (Wildman–Crippen LogP) is 2.86. The highest BCUT2D eigenvalue weighted by molar-refractivity contribution is 7.99. The van der Waals surface area contributed by atoms with E-state index in [1.807, 2.05) is 11.8 Å². The number of ether oxygens (including phenoxy) is 1. The predicted molar refractivity (Wildman–Crippen MR) is 92.2 cm³/mol. The molecule has 0 bridgehead atoms. The third-order valence-electron chi connectivity index (χ3n) is 3.59. The fourth-order valence-electron chi connectivity index (χ4n) is 2.33. The zero-order chi connectivity index (χ0) is 14.9. The topological polar surface area (TPSA) is 24.5 Å². The molecule has 0 aromatic heterocycles. The Balaban J connectivity index is 1.64. The van der Waals surface area contributed by atoms with Crippen molar-refractivity contribution in [3.63, 3.8) is 0 Å². The van der Waals surface area contributed by atoms with Crippen LogP contribution in [-0.2, 0) is 6.54 Å². The summed E-state index contributed by atoms with van der Waals surface area (Å²) < 4.78 is 5.84. The average molecular weight is 308 g/mol. The van der Waals surface area contributed by atoms with Crippen LogP contribution in [0.2, 0.25) is 0 Å². The molecule has 1 N–H and O–H groups in total. The van der Waals surface area contributed by atoms with E-state index in [1.165, 1.54) is 30.2 Å². The molecule has 1 saturated heterocycles. The summed E-state index contributed by atoms with van der Waals surface area (Å²) in [5.41, 5.74) is 1.32. The quantitative estimate of drug-likeness (QED) is 0.798. The first-order valence-electron chi connectivity index (χ1n) is 7.96. The molecule has 3 nitrogen and oxygen atoms in total. The van der Waals surface area contributed by atoms with Gasteiger partial charge >= 0.3 is 0 Å². The molecule has 1 heterocycles. The first-order chi connectivity index (χ1) is 10.2. The van der Waals surface area contributed by atoms with Crippen molar-refractivity contribution in [2.45, 2.75) is 20.4 Å². The summed E-state index contributed by atoms with van der Waals surface area (Å²) in [4.78, 5) is 2.49. The average Bonchev–Trinajstić information content (AvgIpc) is 2.50.